The topological polar surface area (TPSA) is 93.7 Å². The molecule has 2 N–H and O–H groups in total. The summed E-state index contributed by atoms with van der Waals surface area (Å²) in [5, 5.41) is 0. The van der Waals surface area contributed by atoms with Crippen LogP contribution in [0.5, 0.6) is 11.5 Å². The van der Waals surface area contributed by atoms with Crippen molar-refractivity contribution in [3.8, 4) is 11.5 Å². The van der Waals surface area contributed by atoms with Crippen molar-refractivity contribution in [2.75, 3.05) is 13.2 Å². The van der Waals surface area contributed by atoms with Crippen molar-refractivity contribution in [3.05, 3.63) is 54.1 Å². The summed E-state index contributed by atoms with van der Waals surface area (Å²) in [6, 6.07) is 13.2. The van der Waals surface area contributed by atoms with Crippen molar-refractivity contribution in [1.29, 1.82) is 0 Å². The number of benzene rings is 2. The number of carbonyl (C=O) groups is 1. The fourth-order valence-corrected chi connectivity index (χ4v) is 2.93. The first-order valence-corrected chi connectivity index (χ1v) is 9.68. The van der Waals surface area contributed by atoms with Crippen LogP contribution in [0.1, 0.15) is 19.4 Å². The lowest BCUT2D eigenvalue weighted by Crippen LogP contribution is -2.43. The molecular weight excluding hydrogens is 356 g/mol. The second kappa shape index (κ2) is 9.21. The molecule has 26 heavy (non-hydrogen) atoms. The molecule has 0 radical (unpaired) electrons. The summed E-state index contributed by atoms with van der Waals surface area (Å²) in [5.41, 5.74) is 3.28. The molecule has 0 aliphatic rings. The average Bonchev–Trinajstić information content (AvgIpc) is 2.66. The summed E-state index contributed by atoms with van der Waals surface area (Å²) < 4.78 is 34.9. The normalized spacial score (nSPS) is 11.0. The molecule has 0 aromatic heterocycles. The number of hydrazine groups is 1. The minimum Gasteiger partial charge on any atom is -0.494 e. The highest BCUT2D eigenvalue weighted by molar-refractivity contribution is 7.89. The summed E-state index contributed by atoms with van der Waals surface area (Å²) in [5.74, 6) is 0.490. The van der Waals surface area contributed by atoms with Crippen molar-refractivity contribution in [3.63, 3.8) is 0 Å². The molecule has 8 heteroatoms. The van der Waals surface area contributed by atoms with Crippen LogP contribution in [0.4, 0.5) is 0 Å². The van der Waals surface area contributed by atoms with Gasteiger partial charge in [0.1, 0.15) is 11.5 Å². The average molecular weight is 378 g/mol. The molecule has 0 unspecified atom stereocenters. The minimum atomic E-state index is -3.87. The van der Waals surface area contributed by atoms with E-state index in [1.54, 1.807) is 24.3 Å². The van der Waals surface area contributed by atoms with Gasteiger partial charge in [-0.3, -0.25) is 10.2 Å². The second-order valence-electron chi connectivity index (χ2n) is 5.34. The van der Waals surface area contributed by atoms with Crippen LogP contribution in [0, 0.1) is 0 Å². The number of hydrogen-bond donors (Lipinski definition) is 2. The van der Waals surface area contributed by atoms with E-state index in [2.05, 4.69) is 5.43 Å². The second-order valence-corrected chi connectivity index (χ2v) is 7.03. The highest BCUT2D eigenvalue weighted by atomic mass is 32.2. The highest BCUT2D eigenvalue weighted by Gasteiger charge is 2.15. The van der Waals surface area contributed by atoms with E-state index in [1.807, 2.05) is 30.8 Å². The third-order valence-corrected chi connectivity index (χ3v) is 4.73. The first kappa shape index (κ1) is 19.7. The molecule has 2 aromatic carbocycles. The van der Waals surface area contributed by atoms with Gasteiger partial charge in [-0.05, 0) is 55.3 Å². The van der Waals surface area contributed by atoms with Gasteiger partial charge in [-0.2, -0.15) is 0 Å². The van der Waals surface area contributed by atoms with Gasteiger partial charge < -0.3 is 9.47 Å². The number of ether oxygens (including phenoxy) is 2. The van der Waals surface area contributed by atoms with Gasteiger partial charge in [0.25, 0.3) is 15.9 Å². The van der Waals surface area contributed by atoms with Crippen molar-refractivity contribution in [2.24, 2.45) is 0 Å². The molecule has 0 atom stereocenters. The fraction of sp³-hybridized carbons (Fsp3) is 0.278. The van der Waals surface area contributed by atoms with Crippen LogP contribution in [0.15, 0.2) is 53.4 Å². The number of aryl methyl sites for hydroxylation is 1. The predicted octanol–water partition coefficient (Wildman–Crippen LogP) is 2.04. The lowest BCUT2D eigenvalue weighted by atomic mass is 10.2. The van der Waals surface area contributed by atoms with E-state index in [4.69, 9.17) is 9.47 Å². The van der Waals surface area contributed by atoms with Gasteiger partial charge in [0.15, 0.2) is 6.61 Å². The zero-order valence-electron chi connectivity index (χ0n) is 14.7. The first-order valence-electron chi connectivity index (χ1n) is 8.20. The number of hydrogen-bond acceptors (Lipinski definition) is 5. The van der Waals surface area contributed by atoms with Gasteiger partial charge in [0, 0.05) is 0 Å². The number of sulfonamides is 1. The van der Waals surface area contributed by atoms with E-state index in [9.17, 15) is 13.2 Å². The molecule has 0 saturated heterocycles. The molecule has 0 aliphatic carbocycles. The molecular formula is C18H22N2O5S. The van der Waals surface area contributed by atoms with Crippen LogP contribution in [0.2, 0.25) is 0 Å². The molecule has 1 amide bonds. The van der Waals surface area contributed by atoms with Gasteiger partial charge in [-0.15, -0.1) is 4.83 Å². The monoisotopic (exact) mass is 378 g/mol. The van der Waals surface area contributed by atoms with E-state index in [1.165, 1.54) is 12.1 Å². The molecule has 0 fully saturated rings. The maximum atomic E-state index is 12.1. The van der Waals surface area contributed by atoms with Crippen molar-refractivity contribution < 1.29 is 22.7 Å². The third kappa shape index (κ3) is 5.75. The lowest BCUT2D eigenvalue weighted by molar-refractivity contribution is -0.123. The predicted molar refractivity (Wildman–Crippen MR) is 97.4 cm³/mol. The van der Waals surface area contributed by atoms with Gasteiger partial charge in [-0.1, -0.05) is 19.1 Å². The van der Waals surface area contributed by atoms with Gasteiger partial charge >= 0.3 is 0 Å². The molecule has 0 saturated carbocycles. The summed E-state index contributed by atoms with van der Waals surface area (Å²) >= 11 is 0. The number of rotatable bonds is 9. The lowest BCUT2D eigenvalue weighted by Gasteiger charge is -2.10. The zero-order valence-corrected chi connectivity index (χ0v) is 15.5. The van der Waals surface area contributed by atoms with Crippen molar-refractivity contribution in [1.82, 2.24) is 10.3 Å². The SMILES string of the molecule is CCOc1ccc(S(=O)(=O)NNC(=O)COc2ccc(CC)cc2)cc1. The Morgan fingerprint density at radius 2 is 1.50 bits per heavy atom. The summed E-state index contributed by atoms with van der Waals surface area (Å²) in [6.45, 7) is 4.06. The van der Waals surface area contributed by atoms with Crippen LogP contribution in [0.25, 0.3) is 0 Å². The minimum absolute atomic E-state index is 0.0114. The fourth-order valence-electron chi connectivity index (χ4n) is 2.07. The highest BCUT2D eigenvalue weighted by Crippen LogP contribution is 2.15. The Morgan fingerprint density at radius 1 is 0.923 bits per heavy atom. The van der Waals surface area contributed by atoms with Crippen LogP contribution >= 0.6 is 0 Å². The van der Waals surface area contributed by atoms with E-state index in [0.717, 1.165) is 12.0 Å². The third-order valence-electron chi connectivity index (χ3n) is 3.47. The van der Waals surface area contributed by atoms with Crippen LogP contribution in [0.3, 0.4) is 0 Å². The van der Waals surface area contributed by atoms with Crippen molar-refractivity contribution in [2.45, 2.75) is 25.2 Å². The Morgan fingerprint density at radius 3 is 2.08 bits per heavy atom. The summed E-state index contributed by atoms with van der Waals surface area (Å²) in [7, 11) is -3.87. The number of carbonyl (C=O) groups excluding carboxylic acids is 1. The molecule has 0 spiro atoms. The standard InChI is InChI=1S/C18H22N2O5S/c1-3-14-5-7-16(8-6-14)25-13-18(21)19-20-26(22,23)17-11-9-15(10-12-17)24-4-2/h5-12,20H,3-4,13H2,1-2H3,(H,19,21). The Labute approximate surface area is 153 Å². The Hall–Kier alpha value is -2.58. The van der Waals surface area contributed by atoms with Crippen LogP contribution < -0.4 is 19.7 Å². The molecule has 0 aliphatic heterocycles. The van der Waals surface area contributed by atoms with Crippen molar-refractivity contribution >= 4 is 15.9 Å². The van der Waals surface area contributed by atoms with Gasteiger partial charge in [0.2, 0.25) is 0 Å². The Bertz CT molecular complexity index is 818. The number of amides is 1. The van der Waals surface area contributed by atoms with E-state index >= 15 is 0 Å². The zero-order chi connectivity index (χ0) is 19.0. The molecule has 0 bridgehead atoms. The Balaban J connectivity index is 1.84. The molecule has 140 valence electrons. The van der Waals surface area contributed by atoms with Crippen LogP contribution in [-0.4, -0.2) is 27.5 Å². The summed E-state index contributed by atoms with van der Waals surface area (Å²) in [4.78, 5) is 13.8. The van der Waals surface area contributed by atoms with Crippen LogP contribution in [-0.2, 0) is 21.2 Å². The summed E-state index contributed by atoms with van der Waals surface area (Å²) in [6.07, 6.45) is 0.911. The number of nitrogens with one attached hydrogen (secondary N) is 2. The van der Waals surface area contributed by atoms with E-state index in [-0.39, 0.29) is 11.5 Å². The largest absolute Gasteiger partial charge is 0.494 e. The quantitative estimate of drug-likeness (QED) is 0.651. The molecule has 0 heterocycles. The smallest absolute Gasteiger partial charge is 0.272 e. The van der Waals surface area contributed by atoms with Gasteiger partial charge in [0.05, 0.1) is 11.5 Å². The first-order chi connectivity index (χ1) is 12.4. The molecule has 2 aromatic rings. The van der Waals surface area contributed by atoms with Gasteiger partial charge in [-0.25, -0.2) is 8.42 Å². The molecule has 2 rings (SSSR count). The molecule has 7 nitrogen and oxygen atoms in total. The Kier molecular flexibility index (Phi) is 6.99. The maximum Gasteiger partial charge on any atom is 0.272 e. The van der Waals surface area contributed by atoms with E-state index < -0.39 is 15.9 Å². The van der Waals surface area contributed by atoms with E-state index in [0.29, 0.717) is 18.1 Å². The maximum absolute atomic E-state index is 12.1.